The molecule has 0 radical (unpaired) electrons. The van der Waals surface area contributed by atoms with Crippen molar-refractivity contribution in [1.29, 1.82) is 0 Å². The number of carboxylic acids is 4. The van der Waals surface area contributed by atoms with Gasteiger partial charge in [0.2, 0.25) is 0 Å². The minimum Gasteiger partial charge on any atom is -0.478 e. The van der Waals surface area contributed by atoms with Crippen LogP contribution in [0.25, 0.3) is 0 Å². The Balaban J connectivity index is 0.000000245. The normalized spacial score (nSPS) is 15.3. The molecule has 1 unspecified atom stereocenters. The minimum atomic E-state index is -1.23. The van der Waals surface area contributed by atoms with Crippen molar-refractivity contribution in [3.05, 3.63) is 69.8 Å². The van der Waals surface area contributed by atoms with Crippen LogP contribution in [0.4, 0.5) is 0 Å². The molecule has 4 N–H and O–H groups in total. The Hall–Kier alpha value is -3.68. The lowest BCUT2D eigenvalue weighted by Gasteiger charge is -2.21. The van der Waals surface area contributed by atoms with Gasteiger partial charge in [0, 0.05) is 0 Å². The summed E-state index contributed by atoms with van der Waals surface area (Å²) in [5, 5.41) is 35.6. The quantitative estimate of drug-likeness (QED) is 0.569. The third-order valence-electron chi connectivity index (χ3n) is 5.29. The molecule has 0 heterocycles. The summed E-state index contributed by atoms with van der Waals surface area (Å²) in [6.07, 6.45) is 4.20. The zero-order valence-corrected chi connectivity index (χ0v) is 17.0. The molecule has 2 aromatic rings. The maximum absolute atomic E-state index is 11.3. The summed E-state index contributed by atoms with van der Waals surface area (Å²) in [4.78, 5) is 43.5. The van der Waals surface area contributed by atoms with Gasteiger partial charge in [-0.25, -0.2) is 19.2 Å². The molecule has 2 aromatic carbocycles. The molecule has 1 atom stereocenters. The van der Waals surface area contributed by atoms with Crippen molar-refractivity contribution in [2.75, 3.05) is 0 Å². The third-order valence-corrected chi connectivity index (χ3v) is 5.29. The summed E-state index contributed by atoms with van der Waals surface area (Å²) >= 11 is 0. The van der Waals surface area contributed by atoms with Crippen LogP contribution in [0.5, 0.6) is 0 Å². The van der Waals surface area contributed by atoms with Gasteiger partial charge in [0.05, 0.1) is 22.3 Å². The average Bonchev–Trinajstić information content (AvgIpc) is 2.70. The SMILES string of the molecule is CC1CCCc2c(C(=O)O)ccc(C(=O)O)c2CC1.O=C(O)c1ccccc1C(=O)O. The molecular formula is C23H24O8. The van der Waals surface area contributed by atoms with Gasteiger partial charge in [-0.05, 0) is 67.0 Å². The van der Waals surface area contributed by atoms with Crippen LogP contribution in [-0.2, 0) is 12.8 Å². The highest BCUT2D eigenvalue weighted by molar-refractivity contribution is 6.01. The Morgan fingerprint density at radius 1 is 0.645 bits per heavy atom. The van der Waals surface area contributed by atoms with Crippen molar-refractivity contribution >= 4 is 23.9 Å². The lowest BCUT2D eigenvalue weighted by atomic mass is 9.84. The van der Waals surface area contributed by atoms with Crippen LogP contribution < -0.4 is 0 Å². The molecule has 8 nitrogen and oxygen atoms in total. The van der Waals surface area contributed by atoms with E-state index in [0.717, 1.165) is 30.4 Å². The molecule has 0 bridgehead atoms. The van der Waals surface area contributed by atoms with E-state index in [1.165, 1.54) is 36.4 Å². The van der Waals surface area contributed by atoms with Gasteiger partial charge in [0.25, 0.3) is 0 Å². The van der Waals surface area contributed by atoms with Crippen LogP contribution in [0, 0.1) is 5.92 Å². The number of carbonyl (C=O) groups is 4. The van der Waals surface area contributed by atoms with Gasteiger partial charge in [0.1, 0.15) is 0 Å². The molecule has 31 heavy (non-hydrogen) atoms. The maximum atomic E-state index is 11.3. The number of rotatable bonds is 4. The second kappa shape index (κ2) is 10.4. The highest BCUT2D eigenvalue weighted by atomic mass is 16.4. The van der Waals surface area contributed by atoms with Gasteiger partial charge in [0.15, 0.2) is 0 Å². The summed E-state index contributed by atoms with van der Waals surface area (Å²) in [7, 11) is 0. The summed E-state index contributed by atoms with van der Waals surface area (Å²) in [6.45, 7) is 2.16. The molecule has 0 aliphatic heterocycles. The zero-order valence-electron chi connectivity index (χ0n) is 17.0. The topological polar surface area (TPSA) is 149 Å². The number of aromatic carboxylic acids is 4. The molecule has 8 heteroatoms. The molecule has 1 aliphatic rings. The molecule has 0 spiro atoms. The number of hydrogen-bond donors (Lipinski definition) is 4. The van der Waals surface area contributed by atoms with Gasteiger partial charge in [-0.1, -0.05) is 25.5 Å². The van der Waals surface area contributed by atoms with E-state index in [9.17, 15) is 29.4 Å². The van der Waals surface area contributed by atoms with E-state index in [4.69, 9.17) is 10.2 Å². The van der Waals surface area contributed by atoms with Crippen molar-refractivity contribution in [2.45, 2.75) is 39.0 Å². The Labute approximate surface area is 178 Å². The summed E-state index contributed by atoms with van der Waals surface area (Å²) in [5.74, 6) is -3.84. The predicted octanol–water partition coefficient (Wildman–Crippen LogP) is 4.07. The first kappa shape index (κ1) is 23.6. The van der Waals surface area contributed by atoms with Gasteiger partial charge in [-0.15, -0.1) is 0 Å². The predicted molar refractivity (Wildman–Crippen MR) is 111 cm³/mol. The monoisotopic (exact) mass is 428 g/mol. The third kappa shape index (κ3) is 5.91. The molecule has 0 aromatic heterocycles. The molecule has 0 amide bonds. The van der Waals surface area contributed by atoms with Crippen LogP contribution in [0.1, 0.15) is 78.7 Å². The van der Waals surface area contributed by atoms with Crippen molar-refractivity contribution in [3.63, 3.8) is 0 Å². The Bertz CT molecular complexity index is 976. The maximum Gasteiger partial charge on any atom is 0.336 e. The van der Waals surface area contributed by atoms with Gasteiger partial charge < -0.3 is 20.4 Å². The fourth-order valence-electron chi connectivity index (χ4n) is 3.68. The number of fused-ring (bicyclic) bond motifs is 1. The molecule has 164 valence electrons. The first-order valence-corrected chi connectivity index (χ1v) is 9.80. The van der Waals surface area contributed by atoms with E-state index in [2.05, 4.69) is 6.92 Å². The highest BCUT2D eigenvalue weighted by Gasteiger charge is 2.22. The van der Waals surface area contributed by atoms with E-state index in [-0.39, 0.29) is 22.3 Å². The van der Waals surface area contributed by atoms with Crippen LogP contribution >= 0.6 is 0 Å². The standard InChI is InChI=1S/C15H18O4.C8H6O4/c1-9-3-2-4-10-11(6-5-9)13(15(18)19)8-7-12(10)14(16)17;9-7(10)5-3-1-2-4-6(5)8(11)12/h7-9H,2-6H2,1H3,(H,16,17)(H,18,19);1-4H,(H,9,10)(H,11,12). The second-order valence-corrected chi connectivity index (χ2v) is 7.42. The number of benzene rings is 2. The molecule has 0 fully saturated rings. The second-order valence-electron chi connectivity index (χ2n) is 7.42. The first-order valence-electron chi connectivity index (χ1n) is 9.80. The van der Waals surface area contributed by atoms with Crippen LogP contribution in [0.3, 0.4) is 0 Å². The van der Waals surface area contributed by atoms with Crippen molar-refractivity contribution in [3.8, 4) is 0 Å². The Morgan fingerprint density at radius 2 is 1.06 bits per heavy atom. The summed E-state index contributed by atoms with van der Waals surface area (Å²) in [5.41, 5.74) is 1.58. The Kier molecular flexibility index (Phi) is 7.90. The van der Waals surface area contributed by atoms with E-state index in [1.54, 1.807) is 0 Å². The molecular weight excluding hydrogens is 404 g/mol. The smallest absolute Gasteiger partial charge is 0.336 e. The Morgan fingerprint density at radius 3 is 1.48 bits per heavy atom. The van der Waals surface area contributed by atoms with E-state index < -0.39 is 23.9 Å². The minimum absolute atomic E-state index is 0.190. The van der Waals surface area contributed by atoms with Gasteiger partial charge >= 0.3 is 23.9 Å². The number of hydrogen-bond acceptors (Lipinski definition) is 4. The van der Waals surface area contributed by atoms with E-state index in [1.807, 2.05) is 0 Å². The lowest BCUT2D eigenvalue weighted by Crippen LogP contribution is -2.15. The van der Waals surface area contributed by atoms with Gasteiger partial charge in [-0.2, -0.15) is 0 Å². The van der Waals surface area contributed by atoms with Crippen LogP contribution in [0.2, 0.25) is 0 Å². The fourth-order valence-corrected chi connectivity index (χ4v) is 3.68. The largest absolute Gasteiger partial charge is 0.478 e. The molecule has 3 rings (SSSR count). The van der Waals surface area contributed by atoms with E-state index in [0.29, 0.717) is 18.8 Å². The van der Waals surface area contributed by atoms with Gasteiger partial charge in [-0.3, -0.25) is 0 Å². The fraction of sp³-hybridized carbons (Fsp3) is 0.304. The molecule has 0 saturated heterocycles. The van der Waals surface area contributed by atoms with Crippen LogP contribution in [-0.4, -0.2) is 44.3 Å². The summed E-state index contributed by atoms with van der Waals surface area (Å²) in [6, 6.07) is 8.33. The van der Waals surface area contributed by atoms with Crippen molar-refractivity contribution in [1.82, 2.24) is 0 Å². The van der Waals surface area contributed by atoms with E-state index >= 15 is 0 Å². The highest BCUT2D eigenvalue weighted by Crippen LogP contribution is 2.28. The number of carboxylic acid groups (broad SMARTS) is 4. The van der Waals surface area contributed by atoms with Crippen molar-refractivity contribution in [2.24, 2.45) is 5.92 Å². The lowest BCUT2D eigenvalue weighted by molar-refractivity contribution is 0.0651. The first-order chi connectivity index (χ1) is 14.6. The summed E-state index contributed by atoms with van der Waals surface area (Å²) < 4.78 is 0. The zero-order chi connectivity index (χ0) is 23.1. The van der Waals surface area contributed by atoms with Crippen LogP contribution in [0.15, 0.2) is 36.4 Å². The van der Waals surface area contributed by atoms with Crippen molar-refractivity contribution < 1.29 is 39.6 Å². The average molecular weight is 428 g/mol. The molecule has 0 saturated carbocycles. The molecule has 1 aliphatic carbocycles.